The normalized spacial score (nSPS) is 34.6. The van der Waals surface area contributed by atoms with E-state index in [1.54, 1.807) is 4.90 Å². The number of carbonyl (C=O) groups is 1. The molecule has 0 aliphatic carbocycles. The van der Waals surface area contributed by atoms with E-state index in [0.717, 1.165) is 18.5 Å². The maximum atomic E-state index is 13.1. The molecule has 3 aliphatic rings. The van der Waals surface area contributed by atoms with Crippen molar-refractivity contribution in [1.82, 2.24) is 10.2 Å². The summed E-state index contributed by atoms with van der Waals surface area (Å²) in [7, 11) is 0. The van der Waals surface area contributed by atoms with Crippen LogP contribution < -0.4 is 5.32 Å². The fraction of sp³-hybridized carbons (Fsp3) is 0.550. The second kappa shape index (κ2) is 6.80. The number of amides is 1. The monoisotopic (exact) mass is 340 g/mol. The van der Waals surface area contributed by atoms with Gasteiger partial charge in [-0.3, -0.25) is 4.79 Å². The van der Waals surface area contributed by atoms with Crippen molar-refractivity contribution >= 4 is 5.91 Å². The van der Waals surface area contributed by atoms with Gasteiger partial charge in [0.1, 0.15) is 12.1 Å². The predicted octanol–water partition coefficient (Wildman–Crippen LogP) is 1.28. The van der Waals surface area contributed by atoms with Gasteiger partial charge in [0.25, 0.3) is 5.91 Å². The van der Waals surface area contributed by atoms with Crippen molar-refractivity contribution in [3.05, 3.63) is 35.4 Å². The van der Waals surface area contributed by atoms with Crippen molar-refractivity contribution in [2.24, 2.45) is 0 Å². The highest BCUT2D eigenvalue weighted by atomic mass is 16.6. The van der Waals surface area contributed by atoms with Gasteiger partial charge >= 0.3 is 0 Å². The number of benzene rings is 1. The van der Waals surface area contributed by atoms with E-state index < -0.39 is 6.10 Å². The van der Waals surface area contributed by atoms with Gasteiger partial charge in [0, 0.05) is 25.6 Å². The number of nitrogens with one attached hydrogen (secondary N) is 1. The summed E-state index contributed by atoms with van der Waals surface area (Å²) in [6.07, 6.45) is 7.00. The Morgan fingerprint density at radius 1 is 1.40 bits per heavy atom. The number of hydrogen-bond donors (Lipinski definition) is 1. The molecule has 4 rings (SSSR count). The van der Waals surface area contributed by atoms with Crippen molar-refractivity contribution < 1.29 is 14.3 Å². The molecule has 25 heavy (non-hydrogen) atoms. The van der Waals surface area contributed by atoms with Gasteiger partial charge in [-0.15, -0.1) is 6.42 Å². The summed E-state index contributed by atoms with van der Waals surface area (Å²) in [6.45, 7) is 3.94. The standard InChI is InChI=1S/C20H24N2O3/c1-3-17-15-7-5-4-6-14(15)8-9-22(17)20(23)18-10-16-19(12-24-18)25-13(2)11-21-16/h1,4-7,13,16-19,21H,8-12H2,2H3/t13-,16+,17+,18-,19+/m1/s1. The molecule has 2 saturated heterocycles. The van der Waals surface area contributed by atoms with Crippen LogP contribution in [-0.4, -0.2) is 54.9 Å². The summed E-state index contributed by atoms with van der Waals surface area (Å²) in [4.78, 5) is 14.9. The first kappa shape index (κ1) is 16.6. The number of morpholine rings is 1. The van der Waals surface area contributed by atoms with Crippen LogP contribution >= 0.6 is 0 Å². The van der Waals surface area contributed by atoms with Crippen LogP contribution in [0.4, 0.5) is 0 Å². The lowest BCUT2D eigenvalue weighted by atomic mass is 9.91. The van der Waals surface area contributed by atoms with Crippen molar-refractivity contribution in [1.29, 1.82) is 0 Å². The Morgan fingerprint density at radius 2 is 2.24 bits per heavy atom. The van der Waals surface area contributed by atoms with E-state index in [9.17, 15) is 4.79 Å². The fourth-order valence-corrected chi connectivity index (χ4v) is 4.13. The lowest BCUT2D eigenvalue weighted by Gasteiger charge is -2.43. The van der Waals surface area contributed by atoms with Gasteiger partial charge in [-0.2, -0.15) is 0 Å². The van der Waals surface area contributed by atoms with Crippen LogP contribution in [0.2, 0.25) is 0 Å². The molecule has 5 nitrogen and oxygen atoms in total. The maximum absolute atomic E-state index is 13.1. The van der Waals surface area contributed by atoms with Gasteiger partial charge in [-0.1, -0.05) is 30.2 Å². The highest BCUT2D eigenvalue weighted by molar-refractivity contribution is 5.82. The van der Waals surface area contributed by atoms with Crippen LogP contribution in [0.1, 0.15) is 30.5 Å². The zero-order valence-electron chi connectivity index (χ0n) is 14.5. The average molecular weight is 340 g/mol. The van der Waals surface area contributed by atoms with Crippen LogP contribution in [0.3, 0.4) is 0 Å². The van der Waals surface area contributed by atoms with Crippen molar-refractivity contribution in [3.63, 3.8) is 0 Å². The molecule has 1 N–H and O–H groups in total. The largest absolute Gasteiger partial charge is 0.370 e. The van der Waals surface area contributed by atoms with Crippen LogP contribution in [0, 0.1) is 12.3 Å². The number of nitrogens with zero attached hydrogens (tertiary/aromatic N) is 1. The zero-order valence-corrected chi connectivity index (χ0v) is 14.5. The van der Waals surface area contributed by atoms with Gasteiger partial charge in [-0.25, -0.2) is 0 Å². The molecule has 0 radical (unpaired) electrons. The summed E-state index contributed by atoms with van der Waals surface area (Å²) in [5.41, 5.74) is 2.29. The summed E-state index contributed by atoms with van der Waals surface area (Å²) in [6, 6.07) is 7.96. The van der Waals surface area contributed by atoms with Gasteiger partial charge in [0.2, 0.25) is 0 Å². The Balaban J connectivity index is 1.49. The average Bonchev–Trinajstić information content (AvgIpc) is 2.66. The first-order valence-electron chi connectivity index (χ1n) is 9.02. The zero-order chi connectivity index (χ0) is 17.4. The quantitative estimate of drug-likeness (QED) is 0.783. The molecule has 0 aromatic heterocycles. The topological polar surface area (TPSA) is 50.8 Å². The Morgan fingerprint density at radius 3 is 3.08 bits per heavy atom. The van der Waals surface area contributed by atoms with Gasteiger partial charge in [0.05, 0.1) is 18.8 Å². The Hall–Kier alpha value is -1.87. The number of hydrogen-bond acceptors (Lipinski definition) is 4. The summed E-state index contributed by atoms with van der Waals surface area (Å²) >= 11 is 0. The van der Waals surface area contributed by atoms with E-state index in [-0.39, 0.29) is 30.2 Å². The van der Waals surface area contributed by atoms with Crippen molar-refractivity contribution in [2.75, 3.05) is 19.7 Å². The molecule has 3 heterocycles. The molecule has 5 atom stereocenters. The molecule has 0 saturated carbocycles. The molecular formula is C20H24N2O3. The van der Waals surface area contributed by atoms with E-state index in [1.807, 2.05) is 25.1 Å². The molecule has 0 spiro atoms. The molecular weight excluding hydrogens is 316 g/mol. The van der Waals surface area contributed by atoms with E-state index in [2.05, 4.69) is 17.3 Å². The smallest absolute Gasteiger partial charge is 0.253 e. The number of terminal acetylenes is 1. The van der Waals surface area contributed by atoms with E-state index in [0.29, 0.717) is 19.6 Å². The molecule has 5 heteroatoms. The SMILES string of the molecule is C#C[C@H]1c2ccccc2CCN1C(=O)[C@H]1C[C@@H]2NC[C@@H](C)O[C@H]2CO1. The lowest BCUT2D eigenvalue weighted by molar-refractivity contribution is -0.169. The third-order valence-electron chi connectivity index (χ3n) is 5.45. The van der Waals surface area contributed by atoms with Crippen LogP contribution in [0.15, 0.2) is 24.3 Å². The minimum absolute atomic E-state index is 0.00340. The predicted molar refractivity (Wildman–Crippen MR) is 93.9 cm³/mol. The first-order valence-corrected chi connectivity index (χ1v) is 9.02. The van der Waals surface area contributed by atoms with E-state index in [1.165, 1.54) is 5.56 Å². The van der Waals surface area contributed by atoms with E-state index in [4.69, 9.17) is 15.9 Å². The molecule has 1 aromatic carbocycles. The molecule has 0 unspecified atom stereocenters. The highest BCUT2D eigenvalue weighted by Crippen LogP contribution is 2.31. The van der Waals surface area contributed by atoms with Gasteiger partial charge < -0.3 is 19.7 Å². The van der Waals surface area contributed by atoms with Crippen molar-refractivity contribution in [3.8, 4) is 12.3 Å². The first-order chi connectivity index (χ1) is 12.2. The Bertz CT molecular complexity index is 698. The van der Waals surface area contributed by atoms with Crippen molar-refractivity contribution in [2.45, 2.75) is 50.2 Å². The lowest BCUT2D eigenvalue weighted by Crippen LogP contribution is -2.60. The number of fused-ring (bicyclic) bond motifs is 2. The Kier molecular flexibility index (Phi) is 4.51. The number of carbonyl (C=O) groups excluding carboxylic acids is 1. The minimum atomic E-state index is -0.452. The highest BCUT2D eigenvalue weighted by Gasteiger charge is 2.41. The molecule has 2 fully saturated rings. The number of ether oxygens (including phenoxy) is 2. The van der Waals surface area contributed by atoms with Crippen LogP contribution in [-0.2, 0) is 20.7 Å². The summed E-state index contributed by atoms with van der Waals surface area (Å²) < 4.78 is 11.8. The van der Waals surface area contributed by atoms with Gasteiger partial charge in [-0.05, 0) is 24.5 Å². The maximum Gasteiger partial charge on any atom is 0.253 e. The molecule has 1 aromatic rings. The van der Waals surface area contributed by atoms with Gasteiger partial charge in [0.15, 0.2) is 0 Å². The van der Waals surface area contributed by atoms with Crippen LogP contribution in [0.5, 0.6) is 0 Å². The summed E-state index contributed by atoms with van der Waals surface area (Å²) in [5.74, 6) is 2.80. The van der Waals surface area contributed by atoms with Crippen LogP contribution in [0.25, 0.3) is 0 Å². The number of rotatable bonds is 1. The second-order valence-corrected chi connectivity index (χ2v) is 7.11. The minimum Gasteiger partial charge on any atom is -0.370 e. The molecule has 3 aliphatic heterocycles. The van der Waals surface area contributed by atoms with E-state index >= 15 is 0 Å². The molecule has 1 amide bonds. The fourth-order valence-electron chi connectivity index (χ4n) is 4.13. The molecule has 0 bridgehead atoms. The molecule has 132 valence electrons. The summed E-state index contributed by atoms with van der Waals surface area (Å²) in [5, 5.41) is 3.48. The second-order valence-electron chi connectivity index (χ2n) is 7.11. The third-order valence-corrected chi connectivity index (χ3v) is 5.45. The third kappa shape index (κ3) is 3.06. The Labute approximate surface area is 148 Å².